The Balaban J connectivity index is 3.07. The molecule has 0 saturated carbocycles. The third kappa shape index (κ3) is 4.99. The van der Waals surface area contributed by atoms with E-state index in [1.54, 1.807) is 0 Å². The maximum Gasteiger partial charge on any atom is 0.257 e. The normalized spacial score (nSPS) is 8.56. The van der Waals surface area contributed by atoms with Crippen molar-refractivity contribution in [3.05, 3.63) is 12.7 Å². The summed E-state index contributed by atoms with van der Waals surface area (Å²) >= 11 is 0. The molecule has 4 nitrogen and oxygen atoms in total. The quantitative estimate of drug-likeness (QED) is 0.252. The molecule has 0 saturated heterocycles. The number of hydrogen-bond donors (Lipinski definition) is 3. The summed E-state index contributed by atoms with van der Waals surface area (Å²) in [6.45, 7) is 4.32. The molecule has 0 rings (SSSR count). The number of hydrazine groups is 1. The fourth-order valence-electron chi connectivity index (χ4n) is 0.273. The zero-order chi connectivity index (χ0) is 7.11. The fraction of sp³-hybridized carbons (Fsp3) is 0.400. The second-order valence-electron chi connectivity index (χ2n) is 1.41. The first-order valence-corrected chi connectivity index (χ1v) is 2.66. The molecular formula is C5H11N3O. The highest BCUT2D eigenvalue weighted by Crippen LogP contribution is 1.59. The van der Waals surface area contributed by atoms with Crippen LogP contribution in [0.2, 0.25) is 0 Å². The standard InChI is InChI=1S/C5H11N3O/c1-2-5(9)8-7-4-3-6/h2,7H,1,3-4,6H2,(H,8,9). The Labute approximate surface area is 54.1 Å². The lowest BCUT2D eigenvalue weighted by Crippen LogP contribution is -2.39. The summed E-state index contributed by atoms with van der Waals surface area (Å²) in [4.78, 5) is 10.4. The highest BCUT2D eigenvalue weighted by Gasteiger charge is 1.87. The minimum absolute atomic E-state index is 0.247. The van der Waals surface area contributed by atoms with E-state index in [0.29, 0.717) is 13.1 Å². The predicted octanol–water partition coefficient (Wildman–Crippen LogP) is -1.25. The lowest BCUT2D eigenvalue weighted by Gasteiger charge is -2.00. The lowest BCUT2D eigenvalue weighted by molar-refractivity contribution is -0.117. The molecule has 0 aromatic rings. The Hall–Kier alpha value is -0.870. The second-order valence-corrected chi connectivity index (χ2v) is 1.41. The zero-order valence-corrected chi connectivity index (χ0v) is 5.18. The van der Waals surface area contributed by atoms with Crippen molar-refractivity contribution in [3.63, 3.8) is 0 Å². The number of rotatable bonds is 4. The molecule has 0 fully saturated rings. The fourth-order valence-corrected chi connectivity index (χ4v) is 0.273. The highest BCUT2D eigenvalue weighted by atomic mass is 16.2. The molecule has 0 spiro atoms. The molecule has 0 aromatic carbocycles. The van der Waals surface area contributed by atoms with Gasteiger partial charge in [-0.25, -0.2) is 5.43 Å². The first-order valence-electron chi connectivity index (χ1n) is 2.66. The minimum Gasteiger partial charge on any atom is -0.329 e. The van der Waals surface area contributed by atoms with Crippen LogP contribution in [0.25, 0.3) is 0 Å². The van der Waals surface area contributed by atoms with Gasteiger partial charge in [-0.15, -0.1) is 0 Å². The van der Waals surface area contributed by atoms with Gasteiger partial charge in [-0.2, -0.15) is 0 Å². The van der Waals surface area contributed by atoms with Crippen molar-refractivity contribution < 1.29 is 4.79 Å². The lowest BCUT2D eigenvalue weighted by atomic mass is 10.6. The van der Waals surface area contributed by atoms with E-state index in [1.165, 1.54) is 6.08 Å². The number of nitrogens with two attached hydrogens (primary N) is 1. The monoisotopic (exact) mass is 129 g/mol. The second kappa shape index (κ2) is 5.27. The number of carbonyl (C=O) groups is 1. The van der Waals surface area contributed by atoms with E-state index in [2.05, 4.69) is 17.4 Å². The van der Waals surface area contributed by atoms with E-state index >= 15 is 0 Å². The SMILES string of the molecule is C=CC(=O)NNCCN. The van der Waals surface area contributed by atoms with Gasteiger partial charge in [-0.3, -0.25) is 10.2 Å². The molecule has 0 aliphatic rings. The Bertz CT molecular complexity index is 102. The highest BCUT2D eigenvalue weighted by molar-refractivity contribution is 5.86. The Morgan fingerprint density at radius 1 is 1.78 bits per heavy atom. The molecule has 0 aliphatic heterocycles. The molecule has 9 heavy (non-hydrogen) atoms. The van der Waals surface area contributed by atoms with Crippen LogP contribution in [0.15, 0.2) is 12.7 Å². The van der Waals surface area contributed by atoms with Crippen LogP contribution in [0.5, 0.6) is 0 Å². The molecule has 4 N–H and O–H groups in total. The molecule has 0 unspecified atom stereocenters. The maximum absolute atomic E-state index is 10.4. The van der Waals surface area contributed by atoms with Gasteiger partial charge in [0.1, 0.15) is 0 Å². The Morgan fingerprint density at radius 3 is 2.89 bits per heavy atom. The van der Waals surface area contributed by atoms with Crippen LogP contribution in [0, 0.1) is 0 Å². The van der Waals surface area contributed by atoms with Crippen molar-refractivity contribution in [1.82, 2.24) is 10.9 Å². The molecule has 0 atom stereocenters. The minimum atomic E-state index is -0.247. The van der Waals surface area contributed by atoms with Gasteiger partial charge in [0.05, 0.1) is 0 Å². The predicted molar refractivity (Wildman–Crippen MR) is 35.4 cm³/mol. The smallest absolute Gasteiger partial charge is 0.257 e. The van der Waals surface area contributed by atoms with Crippen LogP contribution in [0.1, 0.15) is 0 Å². The first-order chi connectivity index (χ1) is 4.31. The number of carbonyl (C=O) groups excluding carboxylic acids is 1. The summed E-state index contributed by atoms with van der Waals surface area (Å²) in [6.07, 6.45) is 1.18. The van der Waals surface area contributed by atoms with E-state index in [0.717, 1.165) is 0 Å². The van der Waals surface area contributed by atoms with Gasteiger partial charge in [0, 0.05) is 13.1 Å². The molecule has 0 heterocycles. The summed E-state index contributed by atoms with van der Waals surface area (Å²) in [7, 11) is 0. The van der Waals surface area contributed by atoms with Gasteiger partial charge >= 0.3 is 0 Å². The van der Waals surface area contributed by atoms with Crippen LogP contribution in [0.3, 0.4) is 0 Å². The van der Waals surface area contributed by atoms with Gasteiger partial charge in [-0.1, -0.05) is 6.58 Å². The van der Waals surface area contributed by atoms with E-state index < -0.39 is 0 Å². The van der Waals surface area contributed by atoms with Crippen LogP contribution >= 0.6 is 0 Å². The molecule has 0 aliphatic carbocycles. The summed E-state index contributed by atoms with van der Waals surface area (Å²) in [5, 5.41) is 0. The molecule has 4 heteroatoms. The average Bonchev–Trinajstić information content (AvgIpc) is 1.89. The Kier molecular flexibility index (Phi) is 4.76. The molecule has 0 aromatic heterocycles. The molecule has 0 bridgehead atoms. The van der Waals surface area contributed by atoms with Gasteiger partial charge < -0.3 is 5.73 Å². The van der Waals surface area contributed by atoms with Crippen LogP contribution in [-0.4, -0.2) is 19.0 Å². The van der Waals surface area contributed by atoms with Crippen molar-refractivity contribution >= 4 is 5.91 Å². The van der Waals surface area contributed by atoms with Crippen molar-refractivity contribution in [3.8, 4) is 0 Å². The van der Waals surface area contributed by atoms with E-state index in [1.807, 2.05) is 0 Å². The molecule has 0 radical (unpaired) electrons. The van der Waals surface area contributed by atoms with Crippen LogP contribution in [-0.2, 0) is 4.79 Å². The molecule has 1 amide bonds. The van der Waals surface area contributed by atoms with Crippen molar-refractivity contribution in [1.29, 1.82) is 0 Å². The zero-order valence-electron chi connectivity index (χ0n) is 5.18. The van der Waals surface area contributed by atoms with Crippen molar-refractivity contribution in [2.24, 2.45) is 5.73 Å². The van der Waals surface area contributed by atoms with Gasteiger partial charge in [0.25, 0.3) is 5.91 Å². The molecule has 52 valence electrons. The van der Waals surface area contributed by atoms with E-state index in [9.17, 15) is 4.79 Å². The van der Waals surface area contributed by atoms with Crippen molar-refractivity contribution in [2.75, 3.05) is 13.1 Å². The average molecular weight is 129 g/mol. The van der Waals surface area contributed by atoms with Crippen LogP contribution < -0.4 is 16.6 Å². The van der Waals surface area contributed by atoms with Gasteiger partial charge in [-0.05, 0) is 6.08 Å². The van der Waals surface area contributed by atoms with Gasteiger partial charge in [0.2, 0.25) is 0 Å². The number of amides is 1. The van der Waals surface area contributed by atoms with E-state index in [4.69, 9.17) is 5.73 Å². The summed E-state index contributed by atoms with van der Waals surface area (Å²) in [6, 6.07) is 0. The number of nitrogens with one attached hydrogen (secondary N) is 2. The summed E-state index contributed by atoms with van der Waals surface area (Å²) in [5.74, 6) is -0.247. The van der Waals surface area contributed by atoms with E-state index in [-0.39, 0.29) is 5.91 Å². The topological polar surface area (TPSA) is 67.2 Å². The van der Waals surface area contributed by atoms with Gasteiger partial charge in [0.15, 0.2) is 0 Å². The first kappa shape index (κ1) is 8.13. The Morgan fingerprint density at radius 2 is 2.44 bits per heavy atom. The largest absolute Gasteiger partial charge is 0.329 e. The summed E-state index contributed by atoms with van der Waals surface area (Å²) in [5.41, 5.74) is 10.1. The maximum atomic E-state index is 10.4. The van der Waals surface area contributed by atoms with Crippen molar-refractivity contribution in [2.45, 2.75) is 0 Å². The molecular weight excluding hydrogens is 118 g/mol. The summed E-state index contributed by atoms with van der Waals surface area (Å²) < 4.78 is 0. The van der Waals surface area contributed by atoms with Crippen LogP contribution in [0.4, 0.5) is 0 Å². The third-order valence-corrected chi connectivity index (χ3v) is 0.666. The third-order valence-electron chi connectivity index (χ3n) is 0.666. The number of hydrogen-bond acceptors (Lipinski definition) is 3.